The molecule has 0 aliphatic carbocycles. The van der Waals surface area contributed by atoms with Crippen molar-refractivity contribution in [1.29, 1.82) is 0 Å². The zero-order chi connectivity index (χ0) is 23.8. The van der Waals surface area contributed by atoms with Crippen LogP contribution >= 0.6 is 11.6 Å². The second-order valence-electron chi connectivity index (χ2n) is 8.38. The molecule has 2 aliphatic heterocycles. The monoisotopic (exact) mass is 481 g/mol. The molecule has 2 aromatic rings. The average Bonchev–Trinajstić information content (AvgIpc) is 2.77. The molecule has 1 aromatic heterocycles. The molecule has 10 heteroatoms. The van der Waals surface area contributed by atoms with Crippen LogP contribution in [-0.2, 0) is 26.8 Å². The number of carbonyl (C=O) groups is 2. The Morgan fingerprint density at radius 2 is 1.85 bits per heavy atom. The highest BCUT2D eigenvalue weighted by atomic mass is 35.5. The maximum Gasteiger partial charge on any atom is 0.270 e. The van der Waals surface area contributed by atoms with Crippen molar-refractivity contribution < 1.29 is 27.5 Å². The Kier molecular flexibility index (Phi) is 6.63. The number of nitrogens with zero attached hydrogens (tertiary/aromatic N) is 3. The fourth-order valence-corrected chi connectivity index (χ4v) is 4.46. The van der Waals surface area contributed by atoms with Crippen molar-refractivity contribution in [2.45, 2.75) is 38.3 Å². The highest BCUT2D eigenvalue weighted by molar-refractivity contribution is 6.30. The molecule has 2 saturated heterocycles. The van der Waals surface area contributed by atoms with Gasteiger partial charge in [0.05, 0.1) is 5.02 Å². The Morgan fingerprint density at radius 3 is 2.45 bits per heavy atom. The zero-order valence-corrected chi connectivity index (χ0v) is 18.7. The van der Waals surface area contributed by atoms with E-state index in [4.69, 9.17) is 16.3 Å². The number of hydrogen-bond acceptors (Lipinski definition) is 4. The molecule has 3 heterocycles. The van der Waals surface area contributed by atoms with Crippen LogP contribution < -0.4 is 4.90 Å². The van der Waals surface area contributed by atoms with Gasteiger partial charge < -0.3 is 9.64 Å². The fraction of sp³-hybridized carbons (Fsp3) is 0.435. The van der Waals surface area contributed by atoms with Crippen molar-refractivity contribution in [3.8, 4) is 0 Å². The number of alkyl halides is 2. The van der Waals surface area contributed by atoms with Crippen molar-refractivity contribution >= 4 is 29.2 Å². The third kappa shape index (κ3) is 4.99. The quantitative estimate of drug-likeness (QED) is 0.643. The van der Waals surface area contributed by atoms with Crippen molar-refractivity contribution in [2.24, 2.45) is 5.92 Å². The summed E-state index contributed by atoms with van der Waals surface area (Å²) in [6.07, 6.45) is 2.34. The van der Waals surface area contributed by atoms with Gasteiger partial charge in [0.25, 0.3) is 11.8 Å². The number of benzene rings is 1. The molecular formula is C23H23ClF3N3O3. The van der Waals surface area contributed by atoms with E-state index >= 15 is 0 Å². The number of aromatic nitrogens is 1. The smallest absolute Gasteiger partial charge is 0.270 e. The Labute approximate surface area is 194 Å². The molecule has 0 saturated carbocycles. The highest BCUT2D eigenvalue weighted by Crippen LogP contribution is 2.32. The van der Waals surface area contributed by atoms with Crippen LogP contribution in [0.2, 0.25) is 5.02 Å². The predicted molar refractivity (Wildman–Crippen MR) is 115 cm³/mol. The molecule has 0 spiro atoms. The molecular weight excluding hydrogens is 459 g/mol. The summed E-state index contributed by atoms with van der Waals surface area (Å²) < 4.78 is 47.1. The normalized spacial score (nSPS) is 20.5. The lowest BCUT2D eigenvalue weighted by atomic mass is 9.87. The number of anilines is 1. The minimum atomic E-state index is -2.98. The van der Waals surface area contributed by atoms with Gasteiger partial charge in [-0.05, 0) is 30.4 Å². The maximum atomic E-state index is 14.5. The number of carbonyl (C=O) groups excluding carboxylic acids is 2. The Hall–Kier alpha value is -2.65. The predicted octanol–water partition coefficient (Wildman–Crippen LogP) is 4.16. The summed E-state index contributed by atoms with van der Waals surface area (Å²) in [4.78, 5) is 33.2. The molecule has 1 unspecified atom stereocenters. The first-order valence-corrected chi connectivity index (χ1v) is 11.0. The lowest BCUT2D eigenvalue weighted by Crippen LogP contribution is -2.63. The first kappa shape index (κ1) is 23.5. The summed E-state index contributed by atoms with van der Waals surface area (Å²) in [6, 6.07) is 5.88. The summed E-state index contributed by atoms with van der Waals surface area (Å²) >= 11 is 5.78. The molecule has 4 rings (SSSR count). The maximum absolute atomic E-state index is 14.5. The van der Waals surface area contributed by atoms with Crippen LogP contribution in [0.15, 0.2) is 36.5 Å². The van der Waals surface area contributed by atoms with Crippen LogP contribution in [0.5, 0.6) is 0 Å². The van der Waals surface area contributed by atoms with E-state index in [1.165, 1.54) is 35.4 Å². The third-order valence-electron chi connectivity index (χ3n) is 6.04. The lowest BCUT2D eigenvalue weighted by Gasteiger charge is -2.44. The number of pyridine rings is 1. The van der Waals surface area contributed by atoms with E-state index in [0.717, 1.165) is 17.9 Å². The van der Waals surface area contributed by atoms with Crippen LogP contribution in [0.1, 0.15) is 30.9 Å². The second-order valence-corrected chi connectivity index (χ2v) is 8.82. The number of rotatable bonds is 5. The Balaban J connectivity index is 1.64. The first-order valence-electron chi connectivity index (χ1n) is 10.6. The number of ether oxygens (including phenoxy) is 1. The van der Waals surface area contributed by atoms with Crippen LogP contribution in [0.3, 0.4) is 0 Å². The number of piperazine rings is 1. The van der Waals surface area contributed by atoms with Gasteiger partial charge in [0, 0.05) is 38.4 Å². The topological polar surface area (TPSA) is 62.7 Å². The Morgan fingerprint density at radius 1 is 1.18 bits per heavy atom. The van der Waals surface area contributed by atoms with E-state index in [1.807, 2.05) is 0 Å². The minimum absolute atomic E-state index is 0.0759. The van der Waals surface area contributed by atoms with E-state index in [2.05, 4.69) is 4.98 Å². The minimum Gasteiger partial charge on any atom is -0.381 e. The van der Waals surface area contributed by atoms with Crippen LogP contribution in [0.25, 0.3) is 0 Å². The van der Waals surface area contributed by atoms with E-state index in [0.29, 0.717) is 31.6 Å². The van der Waals surface area contributed by atoms with Gasteiger partial charge in [0.15, 0.2) is 11.6 Å². The van der Waals surface area contributed by atoms with E-state index in [-0.39, 0.29) is 41.3 Å². The van der Waals surface area contributed by atoms with E-state index < -0.39 is 23.7 Å². The molecule has 0 radical (unpaired) electrons. The standard InChI is InChI=1S/C23H23ClF3N3O3/c1-23(26,27)16-4-2-14(3-5-16)12-29-19(31)13-30(21-18(25)10-17(24)11-28-21)22(32)20(29)15-6-8-33-9-7-15/h2-5,10-11,15,20H,6-9,12-13H2,1H3. The highest BCUT2D eigenvalue weighted by Gasteiger charge is 2.45. The van der Waals surface area contributed by atoms with Crippen LogP contribution in [0, 0.1) is 11.7 Å². The van der Waals surface area contributed by atoms with Crippen molar-refractivity contribution in [3.05, 3.63) is 58.5 Å². The molecule has 0 N–H and O–H groups in total. The summed E-state index contributed by atoms with van der Waals surface area (Å²) in [5, 5.41) is 0.0794. The number of amides is 2. The van der Waals surface area contributed by atoms with Gasteiger partial charge in [-0.3, -0.25) is 14.5 Å². The number of hydrogen-bond donors (Lipinski definition) is 0. The SMILES string of the molecule is CC(F)(F)c1ccc(CN2C(=O)CN(c3ncc(Cl)cc3F)C(=O)C2C2CCOCC2)cc1. The summed E-state index contributed by atoms with van der Waals surface area (Å²) in [7, 11) is 0. The molecule has 0 bridgehead atoms. The molecule has 2 fully saturated rings. The van der Waals surface area contributed by atoms with Crippen LogP contribution in [0.4, 0.5) is 19.0 Å². The molecule has 176 valence electrons. The van der Waals surface area contributed by atoms with Gasteiger partial charge in [0.1, 0.15) is 12.6 Å². The van der Waals surface area contributed by atoms with Gasteiger partial charge in [-0.1, -0.05) is 35.9 Å². The summed E-state index contributed by atoms with van der Waals surface area (Å²) in [5.41, 5.74) is 0.481. The second kappa shape index (κ2) is 9.30. The number of halogens is 4. The molecule has 2 aliphatic rings. The molecule has 6 nitrogen and oxygen atoms in total. The van der Waals surface area contributed by atoms with Crippen molar-refractivity contribution in [1.82, 2.24) is 9.88 Å². The zero-order valence-electron chi connectivity index (χ0n) is 17.9. The molecule has 33 heavy (non-hydrogen) atoms. The first-order chi connectivity index (χ1) is 15.6. The van der Waals surface area contributed by atoms with Gasteiger partial charge in [0.2, 0.25) is 5.91 Å². The fourth-order valence-electron chi connectivity index (χ4n) is 4.31. The van der Waals surface area contributed by atoms with Gasteiger partial charge >= 0.3 is 0 Å². The summed E-state index contributed by atoms with van der Waals surface area (Å²) in [5.74, 6) is -5.02. The van der Waals surface area contributed by atoms with Gasteiger partial charge in [-0.25, -0.2) is 18.2 Å². The van der Waals surface area contributed by atoms with Crippen molar-refractivity contribution in [3.63, 3.8) is 0 Å². The lowest BCUT2D eigenvalue weighted by molar-refractivity contribution is -0.147. The van der Waals surface area contributed by atoms with Gasteiger partial charge in [-0.2, -0.15) is 0 Å². The molecule has 2 amide bonds. The van der Waals surface area contributed by atoms with Gasteiger partial charge in [-0.15, -0.1) is 0 Å². The van der Waals surface area contributed by atoms with E-state index in [1.54, 1.807) is 0 Å². The largest absolute Gasteiger partial charge is 0.381 e. The molecule has 1 aromatic carbocycles. The van der Waals surface area contributed by atoms with Crippen molar-refractivity contribution in [2.75, 3.05) is 24.7 Å². The van der Waals surface area contributed by atoms with E-state index in [9.17, 15) is 22.8 Å². The third-order valence-corrected chi connectivity index (χ3v) is 6.25. The molecule has 1 atom stereocenters. The Bertz CT molecular complexity index is 1040. The summed E-state index contributed by atoms with van der Waals surface area (Å²) in [6.45, 7) is 1.41. The average molecular weight is 482 g/mol. The van der Waals surface area contributed by atoms with Crippen LogP contribution in [-0.4, -0.2) is 47.5 Å².